The van der Waals surface area contributed by atoms with Gasteiger partial charge in [0.1, 0.15) is 0 Å². The Kier molecular flexibility index (Phi) is 5.89. The average molecular weight is 409 g/mol. The second-order valence-electron chi connectivity index (χ2n) is 8.54. The molecule has 0 unspecified atom stereocenters. The van der Waals surface area contributed by atoms with E-state index in [1.807, 2.05) is 26.0 Å². The summed E-state index contributed by atoms with van der Waals surface area (Å²) >= 11 is 0. The summed E-state index contributed by atoms with van der Waals surface area (Å²) in [5, 5.41) is 6.47. The van der Waals surface area contributed by atoms with Gasteiger partial charge in [-0.2, -0.15) is 5.10 Å². The molecule has 1 heterocycles. The summed E-state index contributed by atoms with van der Waals surface area (Å²) in [7, 11) is 0. The number of rotatable bonds is 5. The van der Waals surface area contributed by atoms with E-state index in [1.54, 1.807) is 0 Å². The predicted molar refractivity (Wildman–Crippen MR) is 116 cm³/mol. The number of nitrogens with one attached hydrogen (secondary N) is 1. The van der Waals surface area contributed by atoms with Crippen molar-refractivity contribution in [1.29, 1.82) is 0 Å². The SMILES string of the molecule is Cc1cc(C#CC2CC2)cc(C)c1NC(=O)/C(C=NCC1OCC2(CC2)CO1)=N/N. The van der Waals surface area contributed by atoms with E-state index in [0.29, 0.717) is 25.7 Å². The minimum Gasteiger partial charge on any atom is -0.350 e. The molecular weight excluding hydrogens is 380 g/mol. The smallest absolute Gasteiger partial charge is 0.277 e. The van der Waals surface area contributed by atoms with Crippen LogP contribution in [0.25, 0.3) is 0 Å². The van der Waals surface area contributed by atoms with Crippen LogP contribution in [0.1, 0.15) is 42.4 Å². The number of carbonyl (C=O) groups excluding carboxylic acids is 1. The van der Waals surface area contributed by atoms with Crippen LogP contribution in [0.3, 0.4) is 0 Å². The van der Waals surface area contributed by atoms with E-state index in [2.05, 4.69) is 27.3 Å². The van der Waals surface area contributed by atoms with Crippen molar-refractivity contribution in [3.8, 4) is 11.8 Å². The van der Waals surface area contributed by atoms with E-state index in [1.165, 1.54) is 31.9 Å². The maximum absolute atomic E-state index is 12.6. The van der Waals surface area contributed by atoms with Gasteiger partial charge in [-0.3, -0.25) is 9.79 Å². The molecular formula is C23H28N4O3. The van der Waals surface area contributed by atoms with Crippen LogP contribution in [0.4, 0.5) is 5.69 Å². The number of nitrogens with two attached hydrogens (primary N) is 1. The van der Waals surface area contributed by atoms with Crippen molar-refractivity contribution in [3.63, 3.8) is 0 Å². The van der Waals surface area contributed by atoms with Crippen LogP contribution >= 0.6 is 0 Å². The molecule has 1 spiro atoms. The highest BCUT2D eigenvalue weighted by Crippen LogP contribution is 2.48. The number of hydrogen-bond acceptors (Lipinski definition) is 6. The molecule has 7 heteroatoms. The molecule has 158 valence electrons. The quantitative estimate of drug-likeness (QED) is 0.339. The summed E-state index contributed by atoms with van der Waals surface area (Å²) < 4.78 is 11.4. The van der Waals surface area contributed by atoms with E-state index in [9.17, 15) is 4.79 Å². The minimum atomic E-state index is -0.410. The van der Waals surface area contributed by atoms with Crippen LogP contribution < -0.4 is 11.2 Å². The van der Waals surface area contributed by atoms with Gasteiger partial charge in [-0.05, 0) is 62.8 Å². The Morgan fingerprint density at radius 2 is 1.93 bits per heavy atom. The number of benzene rings is 1. The molecule has 7 nitrogen and oxygen atoms in total. The normalized spacial score (nSPS) is 20.8. The van der Waals surface area contributed by atoms with E-state index in [0.717, 1.165) is 22.4 Å². The topological polar surface area (TPSA) is 98.3 Å². The van der Waals surface area contributed by atoms with Gasteiger partial charge in [-0.15, -0.1) is 0 Å². The number of aryl methyl sites for hydroxylation is 2. The predicted octanol–water partition coefficient (Wildman–Crippen LogP) is 2.54. The fraction of sp³-hybridized carbons (Fsp3) is 0.522. The first-order chi connectivity index (χ1) is 14.5. The van der Waals surface area contributed by atoms with Crippen molar-refractivity contribution in [2.24, 2.45) is 27.3 Å². The van der Waals surface area contributed by atoms with Gasteiger partial charge in [-0.25, -0.2) is 0 Å². The van der Waals surface area contributed by atoms with Crippen LogP contribution in [0, 0.1) is 37.0 Å². The van der Waals surface area contributed by atoms with Gasteiger partial charge in [0.2, 0.25) is 0 Å². The fourth-order valence-corrected chi connectivity index (χ4v) is 3.40. The Morgan fingerprint density at radius 1 is 1.27 bits per heavy atom. The first-order valence-electron chi connectivity index (χ1n) is 10.4. The Balaban J connectivity index is 1.34. The Morgan fingerprint density at radius 3 is 2.50 bits per heavy atom. The Hall–Kier alpha value is -2.69. The van der Waals surface area contributed by atoms with Gasteiger partial charge in [0.15, 0.2) is 12.0 Å². The molecule has 3 aliphatic rings. The zero-order valence-electron chi connectivity index (χ0n) is 17.5. The Labute approximate surface area is 177 Å². The summed E-state index contributed by atoms with van der Waals surface area (Å²) in [5.41, 5.74) is 3.87. The van der Waals surface area contributed by atoms with Crippen molar-refractivity contribution < 1.29 is 14.3 Å². The highest BCUT2D eigenvalue weighted by Gasteiger charge is 2.46. The summed E-state index contributed by atoms with van der Waals surface area (Å²) in [4.78, 5) is 16.9. The van der Waals surface area contributed by atoms with Gasteiger partial charge in [-0.1, -0.05) is 11.8 Å². The van der Waals surface area contributed by atoms with Crippen molar-refractivity contribution >= 4 is 23.5 Å². The summed E-state index contributed by atoms with van der Waals surface area (Å²) in [5.74, 6) is 12.0. The van der Waals surface area contributed by atoms with Gasteiger partial charge in [0.25, 0.3) is 5.91 Å². The van der Waals surface area contributed by atoms with Crippen LogP contribution in [-0.2, 0) is 14.3 Å². The molecule has 1 amide bonds. The zero-order valence-corrected chi connectivity index (χ0v) is 17.5. The third kappa shape index (κ3) is 5.07. The van der Waals surface area contributed by atoms with Crippen molar-refractivity contribution in [2.75, 3.05) is 25.1 Å². The second kappa shape index (κ2) is 8.58. The third-order valence-corrected chi connectivity index (χ3v) is 5.72. The highest BCUT2D eigenvalue weighted by molar-refractivity contribution is 6.63. The van der Waals surface area contributed by atoms with Crippen molar-refractivity contribution in [3.05, 3.63) is 28.8 Å². The molecule has 4 rings (SSSR count). The fourth-order valence-electron chi connectivity index (χ4n) is 3.40. The first kappa shape index (κ1) is 20.6. The molecule has 3 fully saturated rings. The molecule has 30 heavy (non-hydrogen) atoms. The molecule has 0 atom stereocenters. The van der Waals surface area contributed by atoms with Crippen LogP contribution in [0.5, 0.6) is 0 Å². The maximum Gasteiger partial charge on any atom is 0.277 e. The lowest BCUT2D eigenvalue weighted by atomic mass is 10.0. The summed E-state index contributed by atoms with van der Waals surface area (Å²) in [6.07, 6.45) is 5.70. The monoisotopic (exact) mass is 408 g/mol. The van der Waals surface area contributed by atoms with E-state index in [-0.39, 0.29) is 17.4 Å². The number of hydrazone groups is 1. The number of aliphatic imine (C=N–C) groups is 1. The average Bonchev–Trinajstić information content (AvgIpc) is 3.65. The second-order valence-corrected chi connectivity index (χ2v) is 8.54. The number of hydrogen-bond donors (Lipinski definition) is 2. The minimum absolute atomic E-state index is 0.0425. The molecule has 1 aliphatic heterocycles. The number of carbonyl (C=O) groups is 1. The standard InChI is InChI=1S/C23H28N4O3/c1-15-9-18(6-5-17-3-4-17)10-16(2)21(15)26-22(28)19(27-24)11-25-12-20-29-13-23(7-8-23)14-30-20/h9-11,17,20H,3-4,7-8,12-14,24H2,1-2H3,(H,26,28)/b25-11?,27-19+. The molecule has 2 aliphatic carbocycles. The molecule has 1 aromatic rings. The van der Waals surface area contributed by atoms with E-state index < -0.39 is 5.91 Å². The highest BCUT2D eigenvalue weighted by atomic mass is 16.7. The number of nitrogens with zero attached hydrogens (tertiary/aromatic N) is 2. The van der Waals surface area contributed by atoms with Crippen molar-refractivity contribution in [2.45, 2.75) is 45.8 Å². The van der Waals surface area contributed by atoms with Gasteiger partial charge >= 0.3 is 0 Å². The van der Waals surface area contributed by atoms with Gasteiger partial charge in [0, 0.05) is 22.6 Å². The molecule has 3 N–H and O–H groups in total. The van der Waals surface area contributed by atoms with Crippen LogP contribution in [0.2, 0.25) is 0 Å². The Bertz CT molecular complexity index is 916. The third-order valence-electron chi connectivity index (χ3n) is 5.72. The summed E-state index contributed by atoms with van der Waals surface area (Å²) in [6.45, 7) is 5.62. The molecule has 0 radical (unpaired) electrons. The molecule has 1 saturated heterocycles. The zero-order chi connectivity index (χ0) is 21.1. The lowest BCUT2D eigenvalue weighted by Crippen LogP contribution is -2.35. The number of amides is 1. The van der Waals surface area contributed by atoms with E-state index >= 15 is 0 Å². The van der Waals surface area contributed by atoms with Gasteiger partial charge < -0.3 is 20.6 Å². The maximum atomic E-state index is 12.6. The first-order valence-corrected chi connectivity index (χ1v) is 10.4. The van der Waals surface area contributed by atoms with E-state index in [4.69, 9.17) is 15.3 Å². The summed E-state index contributed by atoms with van der Waals surface area (Å²) in [6, 6.07) is 3.96. The largest absolute Gasteiger partial charge is 0.350 e. The lowest BCUT2D eigenvalue weighted by Gasteiger charge is -2.28. The van der Waals surface area contributed by atoms with Crippen LogP contribution in [-0.4, -0.2) is 43.9 Å². The molecule has 2 saturated carbocycles. The molecule has 0 aromatic heterocycles. The van der Waals surface area contributed by atoms with Gasteiger partial charge in [0.05, 0.1) is 26.0 Å². The number of ether oxygens (including phenoxy) is 2. The number of anilines is 1. The molecule has 1 aromatic carbocycles. The molecule has 0 bridgehead atoms. The lowest BCUT2D eigenvalue weighted by molar-refractivity contribution is -0.201. The van der Waals surface area contributed by atoms with Crippen molar-refractivity contribution in [1.82, 2.24) is 0 Å². The van der Waals surface area contributed by atoms with Crippen LogP contribution in [0.15, 0.2) is 22.2 Å².